The SMILES string of the molecule is CCCCCCCC/C=C/CCCCCCCCCCCCCCCCCCCC(=O)OC(/C=C\CCCCCCCCCCCCC)C(COP(=O)([O-])OCC[N+](C)(C)C)NC(=O)CCCCCCCCCCCCCCCCC. The summed E-state index contributed by atoms with van der Waals surface area (Å²) in [6.07, 6.45) is 74.5. The van der Waals surface area contributed by atoms with Gasteiger partial charge in [-0.15, -0.1) is 0 Å². The molecule has 0 aromatic rings. The minimum absolute atomic E-state index is 0.0176. The highest BCUT2D eigenvalue weighted by atomic mass is 31.2. The van der Waals surface area contributed by atoms with Gasteiger partial charge in [-0.1, -0.05) is 322 Å². The van der Waals surface area contributed by atoms with Crippen LogP contribution in [0.4, 0.5) is 0 Å². The van der Waals surface area contributed by atoms with E-state index in [1.165, 1.54) is 276 Å². The van der Waals surface area contributed by atoms with Crippen LogP contribution in [0.2, 0.25) is 0 Å². The fourth-order valence-electron chi connectivity index (χ4n) is 10.9. The molecule has 10 heteroatoms. The van der Waals surface area contributed by atoms with Crippen molar-refractivity contribution in [3.8, 4) is 0 Å². The zero-order chi connectivity index (χ0) is 59.3. The molecule has 3 unspecified atom stereocenters. The highest BCUT2D eigenvalue weighted by Gasteiger charge is 2.27. The number of esters is 1. The van der Waals surface area contributed by atoms with Gasteiger partial charge in [-0.05, 0) is 57.4 Å². The van der Waals surface area contributed by atoms with Crippen molar-refractivity contribution in [1.82, 2.24) is 5.32 Å². The van der Waals surface area contributed by atoms with E-state index >= 15 is 0 Å². The van der Waals surface area contributed by atoms with Crippen LogP contribution in [0.1, 0.15) is 367 Å². The molecule has 0 bridgehead atoms. The lowest BCUT2D eigenvalue weighted by molar-refractivity contribution is -0.870. The average molecular weight is 1160 g/mol. The van der Waals surface area contributed by atoms with Crippen molar-refractivity contribution >= 4 is 19.7 Å². The molecule has 0 aromatic heterocycles. The molecule has 3 atom stereocenters. The molecule has 9 nitrogen and oxygen atoms in total. The molecule has 0 radical (unpaired) electrons. The van der Waals surface area contributed by atoms with Gasteiger partial charge in [0.1, 0.15) is 19.3 Å². The molecular formula is C71H139N2O7P. The number of rotatable bonds is 66. The summed E-state index contributed by atoms with van der Waals surface area (Å²) in [5.41, 5.74) is 0. The van der Waals surface area contributed by atoms with Crippen molar-refractivity contribution < 1.29 is 37.3 Å². The molecule has 0 aliphatic heterocycles. The number of allylic oxidation sites excluding steroid dienone is 3. The van der Waals surface area contributed by atoms with Crippen LogP contribution in [0.15, 0.2) is 24.3 Å². The fourth-order valence-corrected chi connectivity index (χ4v) is 11.6. The zero-order valence-corrected chi connectivity index (χ0v) is 55.9. The van der Waals surface area contributed by atoms with Crippen LogP contribution >= 0.6 is 7.82 Å². The number of carbonyl (C=O) groups is 2. The summed E-state index contributed by atoms with van der Waals surface area (Å²) < 4.78 is 30.4. The molecule has 0 aliphatic carbocycles. The van der Waals surface area contributed by atoms with Crippen LogP contribution in [0, 0.1) is 0 Å². The number of hydrogen-bond donors (Lipinski definition) is 1. The van der Waals surface area contributed by atoms with E-state index in [-0.39, 0.29) is 31.5 Å². The van der Waals surface area contributed by atoms with Crippen LogP contribution in [-0.2, 0) is 27.9 Å². The zero-order valence-electron chi connectivity index (χ0n) is 55.0. The van der Waals surface area contributed by atoms with E-state index in [0.717, 1.165) is 57.8 Å². The van der Waals surface area contributed by atoms with E-state index in [9.17, 15) is 19.0 Å². The Balaban J connectivity index is 4.98. The van der Waals surface area contributed by atoms with Gasteiger partial charge in [0, 0.05) is 12.8 Å². The third-order valence-electron chi connectivity index (χ3n) is 16.4. The van der Waals surface area contributed by atoms with Gasteiger partial charge in [0.2, 0.25) is 5.91 Å². The van der Waals surface area contributed by atoms with Gasteiger partial charge in [-0.2, -0.15) is 0 Å². The summed E-state index contributed by atoms with van der Waals surface area (Å²) >= 11 is 0. The Labute approximate surface area is 504 Å². The third kappa shape index (κ3) is 62.8. The van der Waals surface area contributed by atoms with Crippen LogP contribution in [0.5, 0.6) is 0 Å². The Bertz CT molecular complexity index is 1430. The molecule has 0 spiro atoms. The lowest BCUT2D eigenvalue weighted by Crippen LogP contribution is -2.47. The number of likely N-dealkylation sites (N-methyl/N-ethyl adjacent to an activating group) is 1. The van der Waals surface area contributed by atoms with Crippen molar-refractivity contribution in [3.63, 3.8) is 0 Å². The highest BCUT2D eigenvalue weighted by Crippen LogP contribution is 2.38. The summed E-state index contributed by atoms with van der Waals surface area (Å²) in [7, 11) is 1.21. The van der Waals surface area contributed by atoms with E-state index < -0.39 is 20.0 Å². The van der Waals surface area contributed by atoms with Gasteiger partial charge in [0.25, 0.3) is 7.82 Å². The Hall–Kier alpha value is -1.51. The van der Waals surface area contributed by atoms with Crippen molar-refractivity contribution in [1.29, 1.82) is 0 Å². The first-order valence-electron chi connectivity index (χ1n) is 35.6. The van der Waals surface area contributed by atoms with Gasteiger partial charge in [0.05, 0.1) is 33.8 Å². The minimum Gasteiger partial charge on any atom is -0.756 e. The second-order valence-corrected chi connectivity index (χ2v) is 27.2. The topological polar surface area (TPSA) is 114 Å². The van der Waals surface area contributed by atoms with E-state index in [1.54, 1.807) is 0 Å². The second kappa shape index (κ2) is 61.6. The van der Waals surface area contributed by atoms with Gasteiger partial charge < -0.3 is 28.5 Å². The van der Waals surface area contributed by atoms with Crippen molar-refractivity contribution in [2.75, 3.05) is 40.9 Å². The monoisotopic (exact) mass is 1160 g/mol. The first-order valence-corrected chi connectivity index (χ1v) is 37.1. The van der Waals surface area contributed by atoms with Gasteiger partial charge >= 0.3 is 5.97 Å². The molecule has 81 heavy (non-hydrogen) atoms. The van der Waals surface area contributed by atoms with Crippen LogP contribution in [-0.4, -0.2) is 69.4 Å². The summed E-state index contributed by atoms with van der Waals surface area (Å²) in [6, 6.07) is -0.882. The minimum atomic E-state index is -4.70. The molecule has 480 valence electrons. The lowest BCUT2D eigenvalue weighted by atomic mass is 10.0. The summed E-state index contributed by atoms with van der Waals surface area (Å²) in [6.45, 7) is 6.91. The number of unbranched alkanes of at least 4 members (excludes halogenated alkanes) is 48. The quantitative estimate of drug-likeness (QED) is 0.0212. The molecule has 0 fully saturated rings. The van der Waals surface area contributed by atoms with Crippen LogP contribution in [0.3, 0.4) is 0 Å². The molecule has 0 saturated carbocycles. The number of nitrogens with one attached hydrogen (secondary N) is 1. The second-order valence-electron chi connectivity index (χ2n) is 25.7. The predicted molar refractivity (Wildman–Crippen MR) is 349 cm³/mol. The molecule has 1 amide bonds. The Morgan fingerprint density at radius 1 is 0.420 bits per heavy atom. The number of nitrogens with zero attached hydrogens (tertiary/aromatic N) is 1. The standard InChI is InChI=1S/C71H139N2O7P/c1-7-10-13-16-19-22-25-28-30-31-32-33-34-35-36-37-38-39-40-41-43-46-49-52-55-58-61-64-71(75)80-69(62-59-56-53-50-47-44-27-24-21-18-15-12-9-3)68(67-79-81(76,77)78-66-65-73(4,5)6)72-70(74)63-60-57-54-51-48-45-42-29-26-23-20-17-14-11-8-2/h28,30,59,62,68-69H,7-27,29,31-58,60-61,63-67H2,1-6H3,(H-,72,74,76,77)/b30-28+,62-59-. The van der Waals surface area contributed by atoms with Crippen molar-refractivity contribution in [2.45, 2.75) is 380 Å². The Morgan fingerprint density at radius 2 is 0.716 bits per heavy atom. The number of amides is 1. The molecule has 0 rings (SSSR count). The third-order valence-corrected chi connectivity index (χ3v) is 17.3. The van der Waals surface area contributed by atoms with Crippen molar-refractivity contribution in [3.05, 3.63) is 24.3 Å². The summed E-state index contributed by atoms with van der Waals surface area (Å²) in [5.74, 6) is -0.517. The van der Waals surface area contributed by atoms with Crippen LogP contribution in [0.25, 0.3) is 0 Å². The first kappa shape index (κ1) is 79.5. The lowest BCUT2D eigenvalue weighted by Gasteiger charge is -2.30. The summed E-state index contributed by atoms with van der Waals surface area (Å²) in [4.78, 5) is 40.1. The Kier molecular flexibility index (Phi) is 60.4. The largest absolute Gasteiger partial charge is 0.756 e. The maximum absolute atomic E-state index is 13.6. The number of quaternary nitrogens is 1. The van der Waals surface area contributed by atoms with E-state index in [1.807, 2.05) is 33.3 Å². The summed E-state index contributed by atoms with van der Waals surface area (Å²) in [5, 5.41) is 3.05. The fraction of sp³-hybridized carbons (Fsp3) is 0.915. The van der Waals surface area contributed by atoms with E-state index in [4.69, 9.17) is 13.8 Å². The number of ether oxygens (including phenoxy) is 1. The average Bonchev–Trinajstić information content (AvgIpc) is 3.44. The first-order chi connectivity index (χ1) is 39.4. The molecule has 0 aliphatic rings. The smallest absolute Gasteiger partial charge is 0.306 e. The van der Waals surface area contributed by atoms with Gasteiger partial charge in [-0.25, -0.2) is 0 Å². The normalized spacial score (nSPS) is 13.6. The molecule has 0 heterocycles. The van der Waals surface area contributed by atoms with E-state index in [0.29, 0.717) is 17.4 Å². The predicted octanol–water partition coefficient (Wildman–Crippen LogP) is 21.8. The maximum Gasteiger partial charge on any atom is 0.306 e. The van der Waals surface area contributed by atoms with Gasteiger partial charge in [-0.3, -0.25) is 14.2 Å². The van der Waals surface area contributed by atoms with Crippen molar-refractivity contribution in [2.24, 2.45) is 0 Å². The molecular weight excluding hydrogens is 1020 g/mol. The molecule has 0 saturated heterocycles. The maximum atomic E-state index is 13.6. The van der Waals surface area contributed by atoms with E-state index in [2.05, 4.69) is 38.2 Å². The molecule has 1 N–H and O–H groups in total. The number of phosphoric acid groups is 1. The highest BCUT2D eigenvalue weighted by molar-refractivity contribution is 7.45. The number of phosphoric ester groups is 1. The van der Waals surface area contributed by atoms with Gasteiger partial charge in [0.15, 0.2) is 0 Å². The number of hydrogen-bond acceptors (Lipinski definition) is 7. The molecule has 0 aromatic carbocycles. The van der Waals surface area contributed by atoms with Crippen LogP contribution < -0.4 is 10.2 Å². The Morgan fingerprint density at radius 3 is 1.05 bits per heavy atom. The number of carbonyl (C=O) groups excluding carboxylic acids is 2.